The van der Waals surface area contributed by atoms with Crippen LogP contribution in [-0.4, -0.2) is 23.0 Å². The molecule has 0 aliphatic heterocycles. The predicted molar refractivity (Wildman–Crippen MR) is 89.4 cm³/mol. The third kappa shape index (κ3) is 6.50. The molecule has 0 fully saturated rings. The van der Waals surface area contributed by atoms with Gasteiger partial charge in [0.05, 0.1) is 13.2 Å². The lowest BCUT2D eigenvalue weighted by Crippen LogP contribution is -2.08. The van der Waals surface area contributed by atoms with E-state index >= 15 is 0 Å². The maximum atomic E-state index is 12.6. The van der Waals surface area contributed by atoms with Gasteiger partial charge in [-0.15, -0.1) is 0 Å². The fourth-order valence-corrected chi connectivity index (χ4v) is 5.99. The van der Waals surface area contributed by atoms with Gasteiger partial charge in [0.15, 0.2) is 5.40 Å². The summed E-state index contributed by atoms with van der Waals surface area (Å²) in [6, 6.07) is 8.75. The normalized spacial score (nSPS) is 18.1. The first-order valence-corrected chi connectivity index (χ1v) is 11.0. The molecule has 2 unspecified atom stereocenters. The second kappa shape index (κ2) is 9.73. The van der Waals surface area contributed by atoms with Crippen LogP contribution in [0.2, 0.25) is 0 Å². The van der Waals surface area contributed by atoms with Gasteiger partial charge < -0.3 is 18.8 Å². The van der Waals surface area contributed by atoms with E-state index in [9.17, 15) is 18.9 Å². The summed E-state index contributed by atoms with van der Waals surface area (Å²) in [7, 11) is -8.75. The predicted octanol–water partition coefficient (Wildman–Crippen LogP) is 4.49. The van der Waals surface area contributed by atoms with Gasteiger partial charge in [-0.05, 0) is 24.5 Å². The molecule has 0 spiro atoms. The molecule has 0 saturated carbocycles. The first-order valence-electron chi connectivity index (χ1n) is 7.75. The molecule has 1 aromatic carbocycles. The van der Waals surface area contributed by atoms with Gasteiger partial charge in [-0.25, -0.2) is 0 Å². The third-order valence-electron chi connectivity index (χ3n) is 3.21. The Balaban J connectivity index is 3.07. The van der Waals surface area contributed by atoms with Crippen molar-refractivity contribution in [3.8, 4) is 0 Å². The molecule has 0 amide bonds. The molecule has 0 saturated heterocycles. The van der Waals surface area contributed by atoms with Crippen molar-refractivity contribution in [3.63, 3.8) is 0 Å². The van der Waals surface area contributed by atoms with Crippen LogP contribution in [0.1, 0.15) is 50.5 Å². The summed E-state index contributed by atoms with van der Waals surface area (Å²) in [5.74, 6) is 0. The minimum Gasteiger partial charge on any atom is -0.323 e. The maximum Gasteiger partial charge on any atom is 0.347 e. The second-order valence-electron chi connectivity index (χ2n) is 5.21. The molecule has 0 aromatic heterocycles. The molecule has 0 aliphatic carbocycles. The van der Waals surface area contributed by atoms with E-state index in [1.54, 1.807) is 0 Å². The molecule has 8 heteroatoms. The highest BCUT2D eigenvalue weighted by Crippen LogP contribution is 2.74. The summed E-state index contributed by atoms with van der Waals surface area (Å²) in [5, 5.41) is -1.61. The van der Waals surface area contributed by atoms with Crippen molar-refractivity contribution in [2.24, 2.45) is 0 Å². The quantitative estimate of drug-likeness (QED) is 0.444. The fourth-order valence-electron chi connectivity index (χ4n) is 1.95. The van der Waals surface area contributed by atoms with Crippen LogP contribution in [0.4, 0.5) is 0 Å². The molecule has 0 aliphatic rings. The molecular formula is C15H25O6P2. The zero-order valence-corrected chi connectivity index (χ0v) is 15.3. The Bertz CT molecular complexity index is 518. The standard InChI is InChI=1S/C15H25O6P2/c1-3-5-12-20-22(16,17)15(14-10-8-7-9-11-14)23(18,19)21-13-6-4-2/h8-11,15H,3-6,12-13H2,1-2H3,(H,16,17)(H,18,19). The molecular weight excluding hydrogens is 338 g/mol. The van der Waals surface area contributed by atoms with E-state index in [1.807, 2.05) is 13.8 Å². The van der Waals surface area contributed by atoms with Crippen molar-refractivity contribution in [1.82, 2.24) is 0 Å². The topological polar surface area (TPSA) is 93.1 Å². The maximum absolute atomic E-state index is 12.6. The lowest BCUT2D eigenvalue weighted by atomic mass is 10.2. The third-order valence-corrected chi connectivity index (χ3v) is 7.90. The molecule has 2 atom stereocenters. The van der Waals surface area contributed by atoms with Crippen molar-refractivity contribution in [1.29, 1.82) is 0 Å². The van der Waals surface area contributed by atoms with E-state index in [-0.39, 0.29) is 18.8 Å². The SMILES string of the molecule is CCCCOP(=O)(O)C(c1cc[c]cc1)P(=O)(O)OCCCC. The molecule has 23 heavy (non-hydrogen) atoms. The van der Waals surface area contributed by atoms with E-state index in [0.29, 0.717) is 12.8 Å². The molecule has 1 radical (unpaired) electrons. The molecule has 0 heterocycles. The van der Waals surface area contributed by atoms with E-state index in [4.69, 9.17) is 9.05 Å². The molecule has 0 bridgehead atoms. The van der Waals surface area contributed by atoms with Gasteiger partial charge in [-0.2, -0.15) is 0 Å². The van der Waals surface area contributed by atoms with Crippen LogP contribution >= 0.6 is 15.2 Å². The van der Waals surface area contributed by atoms with Crippen molar-refractivity contribution >= 4 is 15.2 Å². The monoisotopic (exact) mass is 363 g/mol. The first-order chi connectivity index (χ1) is 10.8. The average Bonchev–Trinajstić information content (AvgIpc) is 2.48. The van der Waals surface area contributed by atoms with Crippen LogP contribution in [0.15, 0.2) is 24.3 Å². The van der Waals surface area contributed by atoms with Crippen molar-refractivity contribution in [2.75, 3.05) is 13.2 Å². The van der Waals surface area contributed by atoms with Crippen LogP contribution in [0.3, 0.4) is 0 Å². The van der Waals surface area contributed by atoms with Crippen molar-refractivity contribution in [3.05, 3.63) is 35.9 Å². The van der Waals surface area contributed by atoms with Crippen LogP contribution < -0.4 is 0 Å². The number of unbranched alkanes of at least 4 members (excludes halogenated alkanes) is 2. The van der Waals surface area contributed by atoms with E-state index in [1.165, 1.54) is 24.3 Å². The molecule has 131 valence electrons. The van der Waals surface area contributed by atoms with E-state index in [2.05, 4.69) is 6.07 Å². The highest BCUT2D eigenvalue weighted by molar-refractivity contribution is 7.71. The van der Waals surface area contributed by atoms with E-state index < -0.39 is 20.6 Å². The van der Waals surface area contributed by atoms with Crippen LogP contribution in [-0.2, 0) is 18.2 Å². The Labute approximate surface area is 137 Å². The highest BCUT2D eigenvalue weighted by atomic mass is 31.2. The van der Waals surface area contributed by atoms with Gasteiger partial charge in [-0.3, -0.25) is 9.13 Å². The largest absolute Gasteiger partial charge is 0.347 e. The van der Waals surface area contributed by atoms with Crippen molar-refractivity contribution in [2.45, 2.75) is 44.9 Å². The Morgan fingerprint density at radius 2 is 1.43 bits per heavy atom. The lowest BCUT2D eigenvalue weighted by Gasteiger charge is -2.26. The summed E-state index contributed by atoms with van der Waals surface area (Å²) >= 11 is 0. The molecule has 6 nitrogen and oxygen atoms in total. The van der Waals surface area contributed by atoms with Gasteiger partial charge in [0.2, 0.25) is 0 Å². The van der Waals surface area contributed by atoms with Crippen molar-refractivity contribution < 1.29 is 28.0 Å². The summed E-state index contributed by atoms with van der Waals surface area (Å²) in [5.41, 5.74) is 0.230. The van der Waals surface area contributed by atoms with Gasteiger partial charge in [0, 0.05) is 0 Å². The van der Waals surface area contributed by atoms with Gasteiger partial charge in [0.25, 0.3) is 0 Å². The number of hydrogen-bond acceptors (Lipinski definition) is 4. The Hall–Kier alpha value is -0.480. The van der Waals surface area contributed by atoms with Crippen LogP contribution in [0.25, 0.3) is 0 Å². The smallest absolute Gasteiger partial charge is 0.323 e. The number of hydrogen-bond donors (Lipinski definition) is 2. The molecule has 1 aromatic rings. The van der Waals surface area contributed by atoms with Gasteiger partial charge in [0.1, 0.15) is 0 Å². The summed E-state index contributed by atoms with van der Waals surface area (Å²) in [6.07, 6.45) is 2.75. The Kier molecular flexibility index (Phi) is 8.70. The zero-order chi connectivity index (χ0) is 17.3. The van der Waals surface area contributed by atoms with Gasteiger partial charge >= 0.3 is 15.2 Å². The summed E-state index contributed by atoms with van der Waals surface area (Å²) in [4.78, 5) is 20.5. The lowest BCUT2D eigenvalue weighted by molar-refractivity contribution is 0.231. The van der Waals surface area contributed by atoms with Crippen LogP contribution in [0, 0.1) is 6.07 Å². The Morgan fingerprint density at radius 1 is 1.00 bits per heavy atom. The average molecular weight is 363 g/mol. The summed E-state index contributed by atoms with van der Waals surface area (Å²) < 4.78 is 35.3. The Morgan fingerprint density at radius 3 is 1.83 bits per heavy atom. The first kappa shape index (κ1) is 20.6. The van der Waals surface area contributed by atoms with Crippen LogP contribution in [0.5, 0.6) is 0 Å². The summed E-state index contributed by atoms with van der Waals surface area (Å²) in [6.45, 7) is 3.94. The number of rotatable bonds is 11. The van der Waals surface area contributed by atoms with E-state index in [0.717, 1.165) is 12.8 Å². The molecule has 1 rings (SSSR count). The zero-order valence-electron chi connectivity index (χ0n) is 13.6. The second-order valence-corrected chi connectivity index (χ2v) is 9.42. The fraction of sp³-hybridized carbons (Fsp3) is 0.600. The minimum atomic E-state index is -4.38. The molecule has 2 N–H and O–H groups in total. The highest BCUT2D eigenvalue weighted by Gasteiger charge is 2.48. The van der Waals surface area contributed by atoms with Gasteiger partial charge in [-0.1, -0.05) is 51.0 Å². The minimum absolute atomic E-state index is 0.0503. The number of benzene rings is 1.